The van der Waals surface area contributed by atoms with E-state index >= 15 is 0 Å². The Hall–Kier alpha value is -3.62. The zero-order chi connectivity index (χ0) is 24.2. The molecular weight excluding hydrogens is 464 g/mol. The third-order valence-corrected chi connectivity index (χ3v) is 6.39. The van der Waals surface area contributed by atoms with Crippen molar-refractivity contribution in [3.8, 4) is 17.0 Å². The van der Waals surface area contributed by atoms with Gasteiger partial charge in [0.15, 0.2) is 0 Å². The number of halogens is 1. The van der Waals surface area contributed by atoms with E-state index in [2.05, 4.69) is 31.6 Å². The van der Waals surface area contributed by atoms with Gasteiger partial charge in [-0.3, -0.25) is 9.69 Å². The molecule has 1 radical (unpaired) electrons. The van der Waals surface area contributed by atoms with Crippen LogP contribution in [0.3, 0.4) is 0 Å². The van der Waals surface area contributed by atoms with E-state index in [0.29, 0.717) is 34.6 Å². The van der Waals surface area contributed by atoms with Crippen molar-refractivity contribution in [1.29, 1.82) is 0 Å². The summed E-state index contributed by atoms with van der Waals surface area (Å²) in [4.78, 5) is 27.2. The van der Waals surface area contributed by atoms with E-state index in [1.807, 2.05) is 30.5 Å². The van der Waals surface area contributed by atoms with Crippen molar-refractivity contribution in [2.75, 3.05) is 37.4 Å². The van der Waals surface area contributed by atoms with Crippen molar-refractivity contribution < 1.29 is 9.53 Å². The lowest BCUT2D eigenvalue weighted by Crippen LogP contribution is -2.45. The summed E-state index contributed by atoms with van der Waals surface area (Å²) in [5.41, 5.74) is 3.26. The topological polar surface area (TPSA) is 95.2 Å². The number of carbonyl (C=O) groups is 1. The zero-order valence-corrected chi connectivity index (χ0v) is 20.1. The molecular formula is C26H26ClN6O2. The molecule has 35 heavy (non-hydrogen) atoms. The average molecular weight is 490 g/mol. The van der Waals surface area contributed by atoms with Gasteiger partial charge in [0.1, 0.15) is 5.75 Å². The first-order valence-corrected chi connectivity index (χ1v) is 11.9. The number of H-pyrrole nitrogens is 1. The van der Waals surface area contributed by atoms with Crippen molar-refractivity contribution in [1.82, 2.24) is 19.9 Å². The molecule has 3 N–H and O–H groups in total. The van der Waals surface area contributed by atoms with Crippen molar-refractivity contribution in [3.05, 3.63) is 65.9 Å². The number of fused-ring (bicyclic) bond motifs is 1. The maximum Gasteiger partial charge on any atom is 0.238 e. The Morgan fingerprint density at radius 3 is 3.11 bits per heavy atom. The fraction of sp³-hybridized carbons (Fsp3) is 0.269. The van der Waals surface area contributed by atoms with Crippen LogP contribution < -0.4 is 15.4 Å². The van der Waals surface area contributed by atoms with E-state index in [9.17, 15) is 4.79 Å². The van der Waals surface area contributed by atoms with Crippen LogP contribution in [-0.4, -0.2) is 58.5 Å². The Bertz CT molecular complexity index is 1340. The SMILES string of the molecule is COc1cc[c]cc1NC(=O)CN1CCC[C@@H](Nc2ncc(Cl)c(-c3c[nH]c4ccccc34)n2)C1. The van der Waals surface area contributed by atoms with Gasteiger partial charge in [-0.2, -0.15) is 0 Å². The number of methoxy groups -OCH3 is 1. The lowest BCUT2D eigenvalue weighted by atomic mass is 10.1. The zero-order valence-electron chi connectivity index (χ0n) is 19.3. The normalized spacial score (nSPS) is 16.2. The first-order valence-electron chi connectivity index (χ1n) is 11.5. The number of nitrogens with one attached hydrogen (secondary N) is 3. The minimum Gasteiger partial charge on any atom is -0.495 e. The van der Waals surface area contributed by atoms with Crippen molar-refractivity contribution in [2.24, 2.45) is 0 Å². The third-order valence-electron chi connectivity index (χ3n) is 6.11. The molecule has 3 heterocycles. The molecule has 2 aromatic carbocycles. The summed E-state index contributed by atoms with van der Waals surface area (Å²) in [6.45, 7) is 1.85. The molecule has 1 amide bonds. The van der Waals surface area contributed by atoms with E-state index in [-0.39, 0.29) is 18.5 Å². The molecule has 9 heteroatoms. The Morgan fingerprint density at radius 2 is 2.23 bits per heavy atom. The summed E-state index contributed by atoms with van der Waals surface area (Å²) in [6, 6.07) is 16.4. The molecule has 0 unspecified atom stereocenters. The minimum atomic E-state index is -0.0899. The summed E-state index contributed by atoms with van der Waals surface area (Å²) < 4.78 is 5.30. The predicted molar refractivity (Wildman–Crippen MR) is 138 cm³/mol. The number of nitrogens with zero attached hydrogens (tertiary/aromatic N) is 3. The van der Waals surface area contributed by atoms with Crippen LogP contribution in [0.5, 0.6) is 5.75 Å². The van der Waals surface area contributed by atoms with Crippen molar-refractivity contribution >= 4 is 40.0 Å². The smallest absolute Gasteiger partial charge is 0.238 e. The number of piperidine rings is 1. The number of benzene rings is 2. The fourth-order valence-electron chi connectivity index (χ4n) is 4.48. The Kier molecular flexibility index (Phi) is 6.83. The number of carbonyl (C=O) groups excluding carboxylic acids is 1. The van der Waals surface area contributed by atoms with Gasteiger partial charge < -0.3 is 20.4 Å². The van der Waals surface area contributed by atoms with Crippen LogP contribution >= 0.6 is 11.6 Å². The number of hydrogen-bond donors (Lipinski definition) is 3. The molecule has 2 aromatic heterocycles. The van der Waals surface area contributed by atoms with Gasteiger partial charge in [-0.1, -0.05) is 35.9 Å². The van der Waals surface area contributed by atoms with Crippen LogP contribution in [0.4, 0.5) is 11.6 Å². The number of likely N-dealkylation sites (tertiary alicyclic amines) is 1. The molecule has 0 bridgehead atoms. The van der Waals surface area contributed by atoms with E-state index in [0.717, 1.165) is 35.9 Å². The monoisotopic (exact) mass is 489 g/mol. The van der Waals surface area contributed by atoms with Gasteiger partial charge in [0.05, 0.1) is 36.3 Å². The van der Waals surface area contributed by atoms with Crippen LogP contribution in [0.2, 0.25) is 5.02 Å². The quantitative estimate of drug-likeness (QED) is 0.351. The fourth-order valence-corrected chi connectivity index (χ4v) is 4.67. The van der Waals surface area contributed by atoms with Crippen molar-refractivity contribution in [3.63, 3.8) is 0 Å². The van der Waals surface area contributed by atoms with Gasteiger partial charge in [0.25, 0.3) is 0 Å². The number of hydrogen-bond acceptors (Lipinski definition) is 6. The lowest BCUT2D eigenvalue weighted by molar-refractivity contribution is -0.117. The molecule has 5 rings (SSSR count). The number of anilines is 2. The van der Waals surface area contributed by atoms with E-state index in [4.69, 9.17) is 21.3 Å². The molecule has 0 spiro atoms. The van der Waals surface area contributed by atoms with Gasteiger partial charge >= 0.3 is 0 Å². The third kappa shape index (κ3) is 5.23. The minimum absolute atomic E-state index is 0.0899. The number of rotatable bonds is 7. The van der Waals surface area contributed by atoms with Gasteiger partial charge in [-0.05, 0) is 43.7 Å². The number of aromatic nitrogens is 3. The largest absolute Gasteiger partial charge is 0.495 e. The number of ether oxygens (including phenoxy) is 1. The molecule has 1 saturated heterocycles. The second kappa shape index (κ2) is 10.3. The highest BCUT2D eigenvalue weighted by molar-refractivity contribution is 6.33. The molecule has 0 saturated carbocycles. The summed E-state index contributed by atoms with van der Waals surface area (Å²) in [5.74, 6) is 1.05. The summed E-state index contributed by atoms with van der Waals surface area (Å²) in [7, 11) is 1.58. The highest BCUT2D eigenvalue weighted by atomic mass is 35.5. The molecule has 1 aliphatic rings. The maximum atomic E-state index is 12.6. The molecule has 8 nitrogen and oxygen atoms in total. The lowest BCUT2D eigenvalue weighted by Gasteiger charge is -2.32. The van der Waals surface area contributed by atoms with Crippen LogP contribution in [0.25, 0.3) is 22.2 Å². The average Bonchev–Trinajstić information content (AvgIpc) is 3.30. The first kappa shape index (κ1) is 23.1. The van der Waals surface area contributed by atoms with Gasteiger partial charge in [-0.15, -0.1) is 0 Å². The van der Waals surface area contributed by atoms with Crippen LogP contribution in [0.1, 0.15) is 12.8 Å². The summed E-state index contributed by atoms with van der Waals surface area (Å²) in [5, 5.41) is 7.91. The number of aromatic amines is 1. The van der Waals surface area contributed by atoms with E-state index in [1.54, 1.807) is 31.5 Å². The highest BCUT2D eigenvalue weighted by Gasteiger charge is 2.23. The predicted octanol–water partition coefficient (Wildman–Crippen LogP) is 4.60. The first-order chi connectivity index (χ1) is 17.1. The Labute approximate surface area is 208 Å². The van der Waals surface area contributed by atoms with Gasteiger partial charge in [-0.25, -0.2) is 9.97 Å². The highest BCUT2D eigenvalue weighted by Crippen LogP contribution is 2.32. The molecule has 1 aliphatic heterocycles. The van der Waals surface area contributed by atoms with Crippen LogP contribution in [-0.2, 0) is 4.79 Å². The van der Waals surface area contributed by atoms with Crippen LogP contribution in [0, 0.1) is 6.07 Å². The second-order valence-electron chi connectivity index (χ2n) is 8.53. The molecule has 1 fully saturated rings. The Morgan fingerprint density at radius 1 is 1.34 bits per heavy atom. The van der Waals surface area contributed by atoms with Gasteiger partial charge in [0, 0.05) is 35.2 Å². The summed E-state index contributed by atoms with van der Waals surface area (Å²) in [6.07, 6.45) is 5.49. The van der Waals surface area contributed by atoms with Crippen molar-refractivity contribution in [2.45, 2.75) is 18.9 Å². The standard InChI is InChI=1S/C26H26ClN6O2/c1-35-23-11-5-4-10-22(23)31-24(34)16-33-12-6-7-17(15-33)30-26-29-14-20(27)25(32-26)19-13-28-21-9-3-2-8-18(19)21/h2-3,5,8-11,13-14,17,28H,6-7,12,15-16H2,1H3,(H,31,34)(H,29,30,32)/t17-/m1/s1. The van der Waals surface area contributed by atoms with E-state index in [1.165, 1.54) is 0 Å². The number of para-hydroxylation sites is 1. The van der Waals surface area contributed by atoms with E-state index < -0.39 is 0 Å². The van der Waals surface area contributed by atoms with Crippen LogP contribution in [0.15, 0.2) is 54.9 Å². The maximum absolute atomic E-state index is 12.6. The molecule has 1 atom stereocenters. The second-order valence-corrected chi connectivity index (χ2v) is 8.94. The summed E-state index contributed by atoms with van der Waals surface area (Å²) >= 11 is 6.47. The Balaban J connectivity index is 1.24. The molecule has 179 valence electrons. The number of amides is 1. The van der Waals surface area contributed by atoms with Gasteiger partial charge in [0.2, 0.25) is 11.9 Å². The molecule has 0 aliphatic carbocycles. The molecule has 4 aromatic rings.